The van der Waals surface area contributed by atoms with Gasteiger partial charge in [0.25, 0.3) is 5.91 Å². The number of nitrogens with two attached hydrogens (primary N) is 1. The Morgan fingerprint density at radius 1 is 1.46 bits per heavy atom. The number of halogens is 1. The van der Waals surface area contributed by atoms with Crippen LogP contribution in [-0.4, -0.2) is 24.6 Å². The second-order valence-corrected chi connectivity index (χ2v) is 5.47. The number of ether oxygens (including phenoxy) is 1. The van der Waals surface area contributed by atoms with E-state index in [0.29, 0.717) is 0 Å². The minimum Gasteiger partial charge on any atom is -0.488 e. The van der Waals surface area contributed by atoms with E-state index in [1.54, 1.807) is 19.1 Å². The van der Waals surface area contributed by atoms with Crippen LogP contribution in [0.1, 0.15) is 12.5 Å². The molecule has 0 saturated heterocycles. The van der Waals surface area contributed by atoms with E-state index in [0.717, 1.165) is 5.56 Å². The molecule has 2 rings (SSSR count). The van der Waals surface area contributed by atoms with Gasteiger partial charge in [-0.05, 0) is 31.5 Å². The van der Waals surface area contributed by atoms with E-state index < -0.39 is 23.8 Å². The van der Waals surface area contributed by atoms with Gasteiger partial charge in [-0.25, -0.2) is 9.18 Å². The predicted molar refractivity (Wildman–Crippen MR) is 86.3 cm³/mol. The summed E-state index contributed by atoms with van der Waals surface area (Å²) in [4.78, 5) is 23.6. The topological polar surface area (TPSA) is 105 Å². The second-order valence-electron chi connectivity index (χ2n) is 5.47. The van der Waals surface area contributed by atoms with E-state index >= 15 is 0 Å². The Labute approximate surface area is 138 Å². The molecule has 0 aromatic heterocycles. The van der Waals surface area contributed by atoms with Gasteiger partial charge in [-0.2, -0.15) is 0 Å². The SMILES string of the molecule is C=C1NC(=O)NC(C(=O)N[C@H](C)COc2cc(C)ccc2F)=C1N. The van der Waals surface area contributed by atoms with Gasteiger partial charge in [-0.1, -0.05) is 12.6 Å². The number of hydrogen-bond donors (Lipinski definition) is 4. The lowest BCUT2D eigenvalue weighted by Gasteiger charge is -2.22. The van der Waals surface area contributed by atoms with Crippen LogP contribution >= 0.6 is 0 Å². The van der Waals surface area contributed by atoms with E-state index in [1.165, 1.54) is 6.07 Å². The van der Waals surface area contributed by atoms with Gasteiger partial charge in [-0.3, -0.25) is 4.79 Å². The molecule has 0 unspecified atom stereocenters. The number of nitrogens with one attached hydrogen (secondary N) is 3. The Bertz CT molecular complexity index is 730. The fraction of sp³-hybridized carbons (Fsp3) is 0.250. The standard InChI is InChI=1S/C16H19FN4O3/c1-8-4-5-11(17)12(6-8)24-7-9(2)19-15(22)14-13(18)10(3)20-16(23)21-14/h4-6,9H,3,7,18H2,1-2H3,(H,19,22)(H2,20,21,23)/t9-/m1/s1. The molecule has 5 N–H and O–H groups in total. The zero-order chi connectivity index (χ0) is 17.9. The van der Waals surface area contributed by atoms with E-state index in [9.17, 15) is 14.0 Å². The first-order chi connectivity index (χ1) is 11.3. The van der Waals surface area contributed by atoms with Gasteiger partial charge in [0.2, 0.25) is 0 Å². The molecule has 1 aliphatic heterocycles. The molecule has 1 aliphatic rings. The van der Waals surface area contributed by atoms with Crippen LogP contribution in [-0.2, 0) is 4.79 Å². The zero-order valence-electron chi connectivity index (χ0n) is 13.4. The van der Waals surface area contributed by atoms with Crippen molar-refractivity contribution in [2.45, 2.75) is 19.9 Å². The minimum atomic E-state index is -0.593. The fourth-order valence-electron chi connectivity index (χ4n) is 2.02. The van der Waals surface area contributed by atoms with Crippen LogP contribution in [0.25, 0.3) is 0 Å². The van der Waals surface area contributed by atoms with Crippen LogP contribution in [0.4, 0.5) is 9.18 Å². The number of amides is 3. The van der Waals surface area contributed by atoms with Gasteiger partial charge in [-0.15, -0.1) is 0 Å². The molecule has 8 heteroatoms. The summed E-state index contributed by atoms with van der Waals surface area (Å²) >= 11 is 0. The number of benzene rings is 1. The fourth-order valence-corrected chi connectivity index (χ4v) is 2.02. The summed E-state index contributed by atoms with van der Waals surface area (Å²) in [5.74, 6) is -0.948. The summed E-state index contributed by atoms with van der Waals surface area (Å²) in [6.45, 7) is 7.10. The Balaban J connectivity index is 1.97. The van der Waals surface area contributed by atoms with E-state index in [1.807, 2.05) is 6.92 Å². The summed E-state index contributed by atoms with van der Waals surface area (Å²) in [5.41, 5.74) is 6.69. The van der Waals surface area contributed by atoms with Gasteiger partial charge in [0.1, 0.15) is 12.3 Å². The third-order valence-electron chi connectivity index (χ3n) is 3.28. The van der Waals surface area contributed by atoms with Gasteiger partial charge >= 0.3 is 6.03 Å². The number of carbonyl (C=O) groups excluding carboxylic acids is 2. The van der Waals surface area contributed by atoms with Crippen molar-refractivity contribution in [3.05, 3.63) is 53.2 Å². The molecule has 1 aromatic rings. The lowest BCUT2D eigenvalue weighted by molar-refractivity contribution is -0.118. The smallest absolute Gasteiger partial charge is 0.323 e. The van der Waals surface area contributed by atoms with Crippen LogP contribution in [0.3, 0.4) is 0 Å². The summed E-state index contributed by atoms with van der Waals surface area (Å²) in [6, 6.07) is 3.48. The van der Waals surface area contributed by atoms with Crippen molar-refractivity contribution in [1.29, 1.82) is 0 Å². The first-order valence-electron chi connectivity index (χ1n) is 7.24. The molecule has 1 heterocycles. The highest BCUT2D eigenvalue weighted by molar-refractivity contribution is 6.00. The summed E-state index contributed by atoms with van der Waals surface area (Å²) in [6.07, 6.45) is 0. The van der Waals surface area contributed by atoms with Gasteiger partial charge < -0.3 is 26.4 Å². The Hall–Kier alpha value is -3.03. The van der Waals surface area contributed by atoms with Gasteiger partial charge in [0.05, 0.1) is 17.4 Å². The Morgan fingerprint density at radius 2 is 2.17 bits per heavy atom. The summed E-state index contributed by atoms with van der Waals surface area (Å²) in [5, 5.41) is 7.29. The molecule has 0 aliphatic carbocycles. The molecule has 128 valence electrons. The van der Waals surface area contributed by atoms with Gasteiger partial charge in [0.15, 0.2) is 11.6 Å². The highest BCUT2D eigenvalue weighted by Crippen LogP contribution is 2.18. The predicted octanol–water partition coefficient (Wildman–Crippen LogP) is 1.01. The zero-order valence-corrected chi connectivity index (χ0v) is 13.4. The lowest BCUT2D eigenvalue weighted by Crippen LogP contribution is -2.49. The molecular weight excluding hydrogens is 315 g/mol. The number of urea groups is 1. The minimum absolute atomic E-state index is 0.0462. The highest BCUT2D eigenvalue weighted by atomic mass is 19.1. The van der Waals surface area contributed by atoms with Crippen molar-refractivity contribution in [2.75, 3.05) is 6.61 Å². The average molecular weight is 334 g/mol. The number of hydrogen-bond acceptors (Lipinski definition) is 4. The van der Waals surface area contributed by atoms with Crippen LogP contribution in [0.15, 0.2) is 41.9 Å². The van der Waals surface area contributed by atoms with Gasteiger partial charge in [0, 0.05) is 0 Å². The van der Waals surface area contributed by atoms with Crippen molar-refractivity contribution in [1.82, 2.24) is 16.0 Å². The van der Waals surface area contributed by atoms with Crippen molar-refractivity contribution >= 4 is 11.9 Å². The molecule has 0 bridgehead atoms. The first kappa shape index (κ1) is 17.3. The number of rotatable bonds is 5. The maximum absolute atomic E-state index is 13.6. The Morgan fingerprint density at radius 3 is 2.88 bits per heavy atom. The average Bonchev–Trinajstić information content (AvgIpc) is 2.51. The molecule has 0 saturated carbocycles. The maximum Gasteiger partial charge on any atom is 0.323 e. The van der Waals surface area contributed by atoms with Crippen LogP contribution in [0.5, 0.6) is 5.75 Å². The normalized spacial score (nSPS) is 15.5. The number of aryl methyl sites for hydroxylation is 1. The molecule has 0 fully saturated rings. The van der Waals surface area contributed by atoms with E-state index in [2.05, 4.69) is 22.5 Å². The summed E-state index contributed by atoms with van der Waals surface area (Å²) in [7, 11) is 0. The lowest BCUT2D eigenvalue weighted by atomic mass is 10.2. The van der Waals surface area contributed by atoms with Crippen molar-refractivity contribution < 1.29 is 18.7 Å². The van der Waals surface area contributed by atoms with Crippen LogP contribution < -0.4 is 26.4 Å². The quantitative estimate of drug-likeness (QED) is 0.645. The van der Waals surface area contributed by atoms with Crippen molar-refractivity contribution in [3.8, 4) is 5.75 Å². The van der Waals surface area contributed by atoms with Crippen LogP contribution in [0.2, 0.25) is 0 Å². The molecular formula is C16H19FN4O3. The third kappa shape index (κ3) is 4.03. The highest BCUT2D eigenvalue weighted by Gasteiger charge is 2.24. The second kappa shape index (κ2) is 7.03. The summed E-state index contributed by atoms with van der Waals surface area (Å²) < 4.78 is 19.0. The van der Waals surface area contributed by atoms with E-state index in [-0.39, 0.29) is 29.4 Å². The maximum atomic E-state index is 13.6. The van der Waals surface area contributed by atoms with E-state index in [4.69, 9.17) is 10.5 Å². The molecule has 1 aromatic carbocycles. The van der Waals surface area contributed by atoms with Crippen molar-refractivity contribution in [3.63, 3.8) is 0 Å². The molecule has 24 heavy (non-hydrogen) atoms. The largest absolute Gasteiger partial charge is 0.488 e. The molecule has 3 amide bonds. The molecule has 1 atom stereocenters. The first-order valence-corrected chi connectivity index (χ1v) is 7.24. The molecule has 0 radical (unpaired) electrons. The van der Waals surface area contributed by atoms with Crippen LogP contribution in [0, 0.1) is 12.7 Å². The third-order valence-corrected chi connectivity index (χ3v) is 3.28. The molecule has 7 nitrogen and oxygen atoms in total. The monoisotopic (exact) mass is 334 g/mol. The Kier molecular flexibility index (Phi) is 5.08. The van der Waals surface area contributed by atoms with Crippen molar-refractivity contribution in [2.24, 2.45) is 5.73 Å². The molecule has 0 spiro atoms. The number of carbonyl (C=O) groups is 2.